The summed E-state index contributed by atoms with van der Waals surface area (Å²) in [4.78, 5) is 4.11. The van der Waals surface area contributed by atoms with E-state index in [0.29, 0.717) is 6.04 Å². The van der Waals surface area contributed by atoms with Crippen molar-refractivity contribution in [1.29, 1.82) is 0 Å². The Hall–Kier alpha value is -0.450. The van der Waals surface area contributed by atoms with Gasteiger partial charge in [0.25, 0.3) is 0 Å². The van der Waals surface area contributed by atoms with Crippen LogP contribution < -0.4 is 10.6 Å². The molecule has 2 rings (SSSR count). The number of piperidine rings is 1. The van der Waals surface area contributed by atoms with Crippen molar-refractivity contribution in [3.63, 3.8) is 0 Å². The smallest absolute Gasteiger partial charge is 0.106 e. The molecule has 1 aliphatic rings. The van der Waals surface area contributed by atoms with Crippen LogP contribution >= 0.6 is 15.9 Å². The zero-order chi connectivity index (χ0) is 11.2. The van der Waals surface area contributed by atoms with Gasteiger partial charge in [-0.3, -0.25) is 0 Å². The highest BCUT2D eigenvalue weighted by atomic mass is 79.9. The van der Waals surface area contributed by atoms with Gasteiger partial charge in [-0.15, -0.1) is 0 Å². The van der Waals surface area contributed by atoms with Crippen molar-refractivity contribution in [2.24, 2.45) is 0 Å². The van der Waals surface area contributed by atoms with Crippen molar-refractivity contribution < 1.29 is 0 Å². The lowest BCUT2D eigenvalue weighted by Crippen LogP contribution is -2.41. The predicted molar refractivity (Wildman–Crippen MR) is 69.3 cm³/mol. The van der Waals surface area contributed by atoms with Crippen LogP contribution in [0.1, 0.15) is 24.8 Å². The summed E-state index contributed by atoms with van der Waals surface area (Å²) < 4.78 is 0.905. The second-order valence-electron chi connectivity index (χ2n) is 4.26. The van der Waals surface area contributed by atoms with Gasteiger partial charge in [0.2, 0.25) is 0 Å². The van der Waals surface area contributed by atoms with Gasteiger partial charge in [0, 0.05) is 25.3 Å². The maximum absolute atomic E-state index is 4.11. The minimum absolute atomic E-state index is 0.652. The zero-order valence-corrected chi connectivity index (χ0v) is 11.0. The Morgan fingerprint density at radius 3 is 3.19 bits per heavy atom. The fraction of sp³-hybridized carbons (Fsp3) is 0.583. The molecule has 2 N–H and O–H groups in total. The molecule has 1 unspecified atom stereocenters. The first kappa shape index (κ1) is 12.0. The van der Waals surface area contributed by atoms with E-state index in [4.69, 9.17) is 0 Å². The molecule has 1 saturated heterocycles. The lowest BCUT2D eigenvalue weighted by atomic mass is 10.1. The number of pyridine rings is 1. The van der Waals surface area contributed by atoms with Gasteiger partial charge in [0.15, 0.2) is 0 Å². The molecule has 16 heavy (non-hydrogen) atoms. The van der Waals surface area contributed by atoms with E-state index < -0.39 is 0 Å². The average molecular weight is 284 g/mol. The molecular weight excluding hydrogens is 266 g/mol. The third-order valence-corrected chi connectivity index (χ3v) is 3.36. The van der Waals surface area contributed by atoms with Gasteiger partial charge < -0.3 is 10.6 Å². The monoisotopic (exact) mass is 283 g/mol. The molecule has 1 aliphatic heterocycles. The largest absolute Gasteiger partial charge is 0.313 e. The van der Waals surface area contributed by atoms with Crippen LogP contribution in [0.15, 0.2) is 22.9 Å². The second-order valence-corrected chi connectivity index (χ2v) is 5.08. The Morgan fingerprint density at radius 2 is 2.44 bits per heavy atom. The minimum Gasteiger partial charge on any atom is -0.313 e. The molecule has 0 aliphatic carbocycles. The number of nitrogens with one attached hydrogen (secondary N) is 2. The van der Waals surface area contributed by atoms with Gasteiger partial charge in [-0.05, 0) is 53.0 Å². The van der Waals surface area contributed by atoms with Crippen molar-refractivity contribution in [3.05, 3.63) is 28.5 Å². The van der Waals surface area contributed by atoms with Crippen LogP contribution in [-0.4, -0.2) is 24.1 Å². The van der Waals surface area contributed by atoms with Gasteiger partial charge in [-0.25, -0.2) is 4.98 Å². The molecule has 0 aromatic carbocycles. The van der Waals surface area contributed by atoms with E-state index >= 15 is 0 Å². The number of aromatic nitrogens is 1. The molecule has 3 nitrogen and oxygen atoms in total. The van der Waals surface area contributed by atoms with Crippen molar-refractivity contribution in [2.75, 3.05) is 13.1 Å². The molecular formula is C12H18BrN3. The lowest BCUT2D eigenvalue weighted by molar-refractivity contribution is 0.383. The van der Waals surface area contributed by atoms with Crippen LogP contribution in [0.3, 0.4) is 0 Å². The van der Waals surface area contributed by atoms with Gasteiger partial charge in [0.1, 0.15) is 4.60 Å². The van der Waals surface area contributed by atoms with E-state index in [1.807, 2.05) is 12.3 Å². The fourth-order valence-corrected chi connectivity index (χ4v) is 2.45. The summed E-state index contributed by atoms with van der Waals surface area (Å²) in [5.74, 6) is 0. The van der Waals surface area contributed by atoms with Crippen molar-refractivity contribution in [2.45, 2.75) is 31.8 Å². The van der Waals surface area contributed by atoms with E-state index in [9.17, 15) is 0 Å². The third-order valence-electron chi connectivity index (χ3n) is 2.92. The van der Waals surface area contributed by atoms with Crippen LogP contribution in [-0.2, 0) is 6.54 Å². The minimum atomic E-state index is 0.652. The first-order valence-corrected chi connectivity index (χ1v) is 6.68. The first-order chi connectivity index (χ1) is 7.84. The zero-order valence-electron chi connectivity index (χ0n) is 9.38. The highest BCUT2D eigenvalue weighted by Crippen LogP contribution is 2.08. The van der Waals surface area contributed by atoms with Crippen LogP contribution in [0.4, 0.5) is 0 Å². The van der Waals surface area contributed by atoms with Gasteiger partial charge in [-0.2, -0.15) is 0 Å². The quantitative estimate of drug-likeness (QED) is 0.831. The molecule has 0 radical (unpaired) electrons. The SMILES string of the molecule is Brc1cc(CNCC2CCCCN2)ccn1. The summed E-state index contributed by atoms with van der Waals surface area (Å²) in [5.41, 5.74) is 1.28. The summed E-state index contributed by atoms with van der Waals surface area (Å²) in [5, 5.41) is 7.02. The molecule has 0 amide bonds. The first-order valence-electron chi connectivity index (χ1n) is 5.89. The summed E-state index contributed by atoms with van der Waals surface area (Å²) in [6.45, 7) is 3.15. The predicted octanol–water partition coefficient (Wildman–Crippen LogP) is 2.08. The molecule has 1 atom stereocenters. The maximum Gasteiger partial charge on any atom is 0.106 e. The maximum atomic E-state index is 4.11. The van der Waals surface area contributed by atoms with E-state index in [1.54, 1.807) is 0 Å². The lowest BCUT2D eigenvalue weighted by Gasteiger charge is -2.23. The Kier molecular flexibility index (Phi) is 4.75. The Morgan fingerprint density at radius 1 is 1.50 bits per heavy atom. The fourth-order valence-electron chi connectivity index (χ4n) is 2.04. The molecule has 2 heterocycles. The summed E-state index contributed by atoms with van der Waals surface area (Å²) in [6.07, 6.45) is 5.82. The van der Waals surface area contributed by atoms with Gasteiger partial charge >= 0.3 is 0 Å². The Balaban J connectivity index is 1.71. The molecule has 0 spiro atoms. The topological polar surface area (TPSA) is 37.0 Å². The van der Waals surface area contributed by atoms with Crippen LogP contribution in [0.5, 0.6) is 0 Å². The standard InChI is InChI=1S/C12H18BrN3/c13-12-7-10(4-6-16-12)8-14-9-11-3-1-2-5-15-11/h4,6-7,11,14-15H,1-3,5,8-9H2. The van der Waals surface area contributed by atoms with E-state index in [1.165, 1.54) is 31.4 Å². The Bertz CT molecular complexity index is 324. The summed E-state index contributed by atoms with van der Waals surface area (Å²) >= 11 is 3.38. The Labute approximate surface area is 105 Å². The van der Waals surface area contributed by atoms with E-state index in [0.717, 1.165) is 17.7 Å². The van der Waals surface area contributed by atoms with Crippen LogP contribution in [0.25, 0.3) is 0 Å². The van der Waals surface area contributed by atoms with Crippen LogP contribution in [0, 0.1) is 0 Å². The average Bonchev–Trinajstić information content (AvgIpc) is 2.30. The molecule has 1 aromatic heterocycles. The second kappa shape index (κ2) is 6.33. The molecule has 0 saturated carbocycles. The van der Waals surface area contributed by atoms with Crippen molar-refractivity contribution in [1.82, 2.24) is 15.6 Å². The van der Waals surface area contributed by atoms with E-state index in [-0.39, 0.29) is 0 Å². The number of halogens is 1. The number of nitrogens with zero attached hydrogens (tertiary/aromatic N) is 1. The van der Waals surface area contributed by atoms with Crippen LogP contribution in [0.2, 0.25) is 0 Å². The van der Waals surface area contributed by atoms with E-state index in [2.05, 4.69) is 37.6 Å². The van der Waals surface area contributed by atoms with Crippen molar-refractivity contribution in [3.8, 4) is 0 Å². The number of hydrogen-bond acceptors (Lipinski definition) is 3. The number of hydrogen-bond donors (Lipinski definition) is 2. The van der Waals surface area contributed by atoms with Gasteiger partial charge in [-0.1, -0.05) is 6.42 Å². The summed E-state index contributed by atoms with van der Waals surface area (Å²) in [6, 6.07) is 4.76. The highest BCUT2D eigenvalue weighted by Gasteiger charge is 2.11. The summed E-state index contributed by atoms with van der Waals surface area (Å²) in [7, 11) is 0. The molecule has 1 aromatic rings. The molecule has 88 valence electrons. The van der Waals surface area contributed by atoms with Gasteiger partial charge in [0.05, 0.1) is 0 Å². The normalized spacial score (nSPS) is 20.9. The number of rotatable bonds is 4. The molecule has 4 heteroatoms. The third kappa shape index (κ3) is 3.85. The molecule has 0 bridgehead atoms. The highest BCUT2D eigenvalue weighted by molar-refractivity contribution is 9.10. The molecule has 1 fully saturated rings. The van der Waals surface area contributed by atoms with Crippen molar-refractivity contribution >= 4 is 15.9 Å².